The minimum atomic E-state index is 0.697. The summed E-state index contributed by atoms with van der Waals surface area (Å²) in [6, 6.07) is 119. The Morgan fingerprint density at radius 1 is 0.267 bits per heavy atom. The van der Waals surface area contributed by atoms with Gasteiger partial charge < -0.3 is 8.98 Å². The van der Waals surface area contributed by atoms with E-state index in [4.69, 9.17) is 14.4 Å². The van der Waals surface area contributed by atoms with Crippen LogP contribution in [0.2, 0.25) is 0 Å². The summed E-state index contributed by atoms with van der Waals surface area (Å²) in [5, 5.41) is 12.5. The van der Waals surface area contributed by atoms with Gasteiger partial charge in [0.05, 0.1) is 55.1 Å². The summed E-state index contributed by atoms with van der Waals surface area (Å²) in [6.45, 7) is 0. The number of furan rings is 1. The highest BCUT2D eigenvalue weighted by Crippen LogP contribution is 2.41. The second kappa shape index (κ2) is 28.1. The van der Waals surface area contributed by atoms with Gasteiger partial charge in [0.25, 0.3) is 0 Å². The topological polar surface area (TPSA) is 82.5 Å². The van der Waals surface area contributed by atoms with Crippen molar-refractivity contribution in [1.29, 1.82) is 0 Å². The molecule has 11 aromatic carbocycles. The van der Waals surface area contributed by atoms with Gasteiger partial charge in [0, 0.05) is 114 Å². The lowest BCUT2D eigenvalue weighted by Crippen LogP contribution is -1.93. The van der Waals surface area contributed by atoms with Gasteiger partial charge in [0.2, 0.25) is 5.71 Å². The van der Waals surface area contributed by atoms with Crippen molar-refractivity contribution in [2.75, 3.05) is 0 Å². The summed E-state index contributed by atoms with van der Waals surface area (Å²) >= 11 is 5.38. The average molecular weight is 1350 g/mol. The molecule has 0 radical (unpaired) electrons. The van der Waals surface area contributed by atoms with Crippen molar-refractivity contribution in [2.24, 2.45) is 0 Å². The number of fused-ring (bicyclic) bond motifs is 15. The van der Waals surface area contributed by atoms with Gasteiger partial charge in [-0.2, -0.15) is 0 Å². The van der Waals surface area contributed by atoms with Gasteiger partial charge in [-0.05, 0) is 84.9 Å². The van der Waals surface area contributed by atoms with E-state index in [1.54, 1.807) is 22.7 Å². The Morgan fingerprint density at radius 3 is 1.35 bits per heavy atom. The molecule has 0 unspecified atom stereocenters. The number of rotatable bonds is 6. The highest BCUT2D eigenvalue weighted by atomic mass is 32.1. The van der Waals surface area contributed by atoms with Gasteiger partial charge in [-0.1, -0.05) is 261 Å². The molecule has 0 aliphatic heterocycles. The molecule has 0 fully saturated rings. The fourth-order valence-electron chi connectivity index (χ4n) is 13.1. The fraction of sp³-hybridized carbons (Fsp3) is 0. The minimum Gasteiger partial charge on any atom is -0.438 e. The third kappa shape index (κ3) is 12.7. The standard InChI is InChI=1S/C23H16N2.C17H11NO.3C17H11NS/c1-3-9-17(10-4-1)21-15-20-19-13-7-8-14-22(19)25(23(20)16-24-21)18-11-5-2-6-12-18;1-2-6-12(7-3-1)15-11-10-14-13-8-4-5-9-16(13)19-17(14)18-15;1-2-6-12(7-3-1)15-10-14-13-8-4-5-9-16(13)19-17(14)11-18-15;1-2-6-12(7-3-1)15-11-10-14-13-8-4-5-9-16(13)19-17(14)18-15;1-2-6-12(7-3-1)16-17-14(10-11-18-16)13-8-4-5-9-15(13)19-17/h1-16H;4*1-11H. The first kappa shape index (κ1) is 62.0. The third-order valence-electron chi connectivity index (χ3n) is 17.9. The molecule has 10 heterocycles. The number of aromatic nitrogens is 6. The van der Waals surface area contributed by atoms with E-state index in [0.717, 1.165) is 72.0 Å². The van der Waals surface area contributed by atoms with Crippen LogP contribution in [0.1, 0.15) is 0 Å². The molecule has 21 aromatic rings. The van der Waals surface area contributed by atoms with Gasteiger partial charge in [-0.25, -0.2) is 9.97 Å². The third-order valence-corrected chi connectivity index (χ3v) is 21.3. The van der Waals surface area contributed by atoms with E-state index in [1.165, 1.54) is 88.8 Å². The quantitative estimate of drug-likeness (QED) is 0.165. The zero-order valence-corrected chi connectivity index (χ0v) is 56.9. The Morgan fingerprint density at radius 2 is 0.723 bits per heavy atom. The van der Waals surface area contributed by atoms with Gasteiger partial charge in [0.1, 0.15) is 10.4 Å². The van der Waals surface area contributed by atoms with Crippen LogP contribution in [-0.4, -0.2) is 29.5 Å². The Labute approximate surface area is 594 Å². The molecule has 21 rings (SSSR count). The van der Waals surface area contributed by atoms with Crippen LogP contribution in [0.25, 0.3) is 166 Å². The van der Waals surface area contributed by atoms with Crippen LogP contribution in [0.3, 0.4) is 0 Å². The fourth-order valence-corrected chi connectivity index (χ4v) is 16.4. The van der Waals surface area contributed by atoms with Crippen LogP contribution in [0.4, 0.5) is 0 Å². The summed E-state index contributed by atoms with van der Waals surface area (Å²) in [5.74, 6) is 0. The monoisotopic (exact) mass is 1350 g/mol. The maximum absolute atomic E-state index is 5.80. The van der Waals surface area contributed by atoms with Crippen molar-refractivity contribution in [2.45, 2.75) is 0 Å². The average Bonchev–Trinajstić information content (AvgIpc) is 1.65. The normalized spacial score (nSPS) is 11.2. The largest absolute Gasteiger partial charge is 0.438 e. The molecule has 0 aliphatic carbocycles. The lowest BCUT2D eigenvalue weighted by molar-refractivity contribution is 0.654. The van der Waals surface area contributed by atoms with E-state index < -0.39 is 0 Å². The number of thiophene rings is 3. The van der Waals surface area contributed by atoms with Crippen molar-refractivity contribution in [3.05, 3.63) is 364 Å². The second-order valence-electron chi connectivity index (χ2n) is 24.2. The molecule has 0 N–H and O–H groups in total. The number of nitrogens with zero attached hydrogens (tertiary/aromatic N) is 6. The van der Waals surface area contributed by atoms with E-state index in [9.17, 15) is 0 Å². The van der Waals surface area contributed by atoms with E-state index in [0.29, 0.717) is 5.71 Å². The van der Waals surface area contributed by atoms with E-state index in [2.05, 4.69) is 268 Å². The maximum atomic E-state index is 5.80. The highest BCUT2D eigenvalue weighted by molar-refractivity contribution is 7.26. The Bertz CT molecular complexity index is 6280. The predicted molar refractivity (Wildman–Crippen MR) is 429 cm³/mol. The molecule has 10 heteroatoms. The molecule has 0 amide bonds. The molecule has 478 valence electrons. The Hall–Kier alpha value is -12.6. The molecular weight excluding hydrogens is 1290 g/mol. The van der Waals surface area contributed by atoms with Crippen LogP contribution in [0.5, 0.6) is 0 Å². The van der Waals surface area contributed by atoms with Crippen molar-refractivity contribution < 1.29 is 4.42 Å². The van der Waals surface area contributed by atoms with E-state index in [-0.39, 0.29) is 0 Å². The zero-order valence-electron chi connectivity index (χ0n) is 54.5. The molecule has 7 nitrogen and oxygen atoms in total. The SMILES string of the molecule is c1ccc(-c2cc3c(cn2)sc2ccccc23)cc1.c1ccc(-c2cc3c4ccccc4n(-c4ccccc4)c3cn2)cc1.c1ccc(-c2ccc3c(n2)oc2ccccc23)cc1.c1ccc(-c2ccc3c(n2)sc2ccccc23)cc1.c1ccc(-c2nccc3c2sc2ccccc23)cc1. The highest BCUT2D eigenvalue weighted by Gasteiger charge is 2.16. The molecule has 0 bridgehead atoms. The van der Waals surface area contributed by atoms with Crippen LogP contribution >= 0.6 is 34.0 Å². The number of para-hydroxylation sites is 3. The lowest BCUT2D eigenvalue weighted by atomic mass is 10.1. The Kier molecular flexibility index (Phi) is 17.3. The van der Waals surface area contributed by atoms with Gasteiger partial charge in [-0.3, -0.25) is 15.0 Å². The smallest absolute Gasteiger partial charge is 0.227 e. The molecule has 0 saturated heterocycles. The molecule has 0 aliphatic rings. The number of hydrogen-bond acceptors (Lipinski definition) is 9. The molecule has 0 spiro atoms. The van der Waals surface area contributed by atoms with Crippen molar-refractivity contribution in [1.82, 2.24) is 29.5 Å². The number of pyridine rings is 5. The molecule has 10 aromatic heterocycles. The first-order chi connectivity index (χ1) is 50.1. The lowest BCUT2D eigenvalue weighted by Gasteiger charge is -2.07. The summed E-state index contributed by atoms with van der Waals surface area (Å²) < 4.78 is 14.6. The van der Waals surface area contributed by atoms with Crippen LogP contribution in [-0.2, 0) is 0 Å². The van der Waals surface area contributed by atoms with Gasteiger partial charge >= 0.3 is 0 Å². The van der Waals surface area contributed by atoms with Crippen molar-refractivity contribution >= 4 is 139 Å². The summed E-state index contributed by atoms with van der Waals surface area (Å²) in [7, 11) is 0. The van der Waals surface area contributed by atoms with Crippen LogP contribution in [0.15, 0.2) is 369 Å². The van der Waals surface area contributed by atoms with Crippen LogP contribution in [0, 0.1) is 0 Å². The molecule has 0 saturated carbocycles. The zero-order chi connectivity index (χ0) is 67.3. The predicted octanol–water partition coefficient (Wildman–Crippen LogP) is 25.8. The van der Waals surface area contributed by atoms with Gasteiger partial charge in [0.15, 0.2) is 0 Å². The number of hydrogen-bond donors (Lipinski definition) is 0. The van der Waals surface area contributed by atoms with Crippen molar-refractivity contribution in [3.63, 3.8) is 0 Å². The summed E-state index contributed by atoms with van der Waals surface area (Å²) in [4.78, 5) is 24.4. The van der Waals surface area contributed by atoms with Crippen molar-refractivity contribution in [3.8, 4) is 62.0 Å². The second-order valence-corrected chi connectivity index (χ2v) is 27.4. The van der Waals surface area contributed by atoms with E-state index >= 15 is 0 Å². The van der Waals surface area contributed by atoms with E-state index in [1.807, 2.05) is 127 Å². The van der Waals surface area contributed by atoms with Gasteiger partial charge in [-0.15, -0.1) is 34.0 Å². The number of benzene rings is 11. The first-order valence-corrected chi connectivity index (χ1v) is 35.9. The summed E-state index contributed by atoms with van der Waals surface area (Å²) in [5.41, 5.74) is 15.9. The van der Waals surface area contributed by atoms with Crippen LogP contribution < -0.4 is 0 Å². The first-order valence-electron chi connectivity index (χ1n) is 33.4. The summed E-state index contributed by atoms with van der Waals surface area (Å²) in [6.07, 6.45) is 5.89. The molecule has 101 heavy (non-hydrogen) atoms. The maximum Gasteiger partial charge on any atom is 0.227 e. The molecular formula is C91H60N6OS3. The Balaban J connectivity index is 0.0000000946. The molecule has 0 atom stereocenters. The minimum absolute atomic E-state index is 0.697.